The molecule has 0 radical (unpaired) electrons. The van der Waals surface area contributed by atoms with Crippen molar-refractivity contribution in [1.29, 1.82) is 0 Å². The van der Waals surface area contributed by atoms with Crippen LogP contribution in [0.1, 0.15) is 68.9 Å². The molecule has 0 unspecified atom stereocenters. The maximum absolute atomic E-state index is 13.4. The maximum Gasteiger partial charge on any atom is 0.323 e. The van der Waals surface area contributed by atoms with Crippen LogP contribution in [0.2, 0.25) is 5.02 Å². The van der Waals surface area contributed by atoms with E-state index in [2.05, 4.69) is 48.9 Å². The minimum absolute atomic E-state index is 0.0635. The summed E-state index contributed by atoms with van der Waals surface area (Å²) in [6.07, 6.45) is 2.84. The first-order chi connectivity index (χ1) is 32.6. The fourth-order valence-electron chi connectivity index (χ4n) is 8.60. The van der Waals surface area contributed by atoms with Crippen molar-refractivity contribution in [2.45, 2.75) is 46.1 Å². The van der Waals surface area contributed by atoms with Crippen molar-refractivity contribution < 1.29 is 19.1 Å². The zero-order chi connectivity index (χ0) is 46.2. The summed E-state index contributed by atoms with van der Waals surface area (Å²) in [5, 5.41) is 14.4. The Kier molecular flexibility index (Phi) is 12.2. The van der Waals surface area contributed by atoms with E-state index in [0.717, 1.165) is 60.9 Å². The molecule has 0 saturated heterocycles. The van der Waals surface area contributed by atoms with Gasteiger partial charge in [0.05, 0.1) is 53.1 Å². The molecule has 0 fully saturated rings. The van der Waals surface area contributed by atoms with Crippen molar-refractivity contribution >= 4 is 73.3 Å². The number of fused-ring (bicyclic) bond motifs is 6. The Morgan fingerprint density at radius 2 is 1.66 bits per heavy atom. The number of para-hydroxylation sites is 1. The number of nitrogens with one attached hydrogen (secondary N) is 3. The van der Waals surface area contributed by atoms with Gasteiger partial charge in [0.1, 0.15) is 28.5 Å². The van der Waals surface area contributed by atoms with Gasteiger partial charge >= 0.3 is 5.69 Å². The maximum atomic E-state index is 13.4. The minimum atomic E-state index is -0.507. The fraction of sp³-hybridized carbons (Fsp3) is 0.240. The molecule has 9 aromatic rings. The van der Waals surface area contributed by atoms with E-state index < -0.39 is 6.04 Å². The highest BCUT2D eigenvalue weighted by atomic mass is 35.5. The molecule has 0 saturated carbocycles. The molecule has 6 heterocycles. The molecule has 5 aromatic heterocycles. The molecule has 15 nitrogen and oxygen atoms in total. The van der Waals surface area contributed by atoms with Crippen LogP contribution < -0.4 is 11.0 Å². The summed E-state index contributed by atoms with van der Waals surface area (Å²) < 4.78 is 15.6. The van der Waals surface area contributed by atoms with Crippen LogP contribution in [0.15, 0.2) is 107 Å². The lowest BCUT2D eigenvalue weighted by atomic mass is 9.99. The predicted molar refractivity (Wildman–Crippen MR) is 260 cm³/mol. The first-order valence-electron chi connectivity index (χ1n) is 22.0. The van der Waals surface area contributed by atoms with E-state index in [1.165, 1.54) is 4.88 Å². The molecule has 0 aliphatic carbocycles. The number of Topliss-reactive ketones (excluding diaryl/α,β-unsaturated/α-hetero) is 1. The summed E-state index contributed by atoms with van der Waals surface area (Å²) in [6.45, 7) is 7.81. The number of carbonyl (C=O) groups excluding carboxylic acids is 2. The molecule has 1 aliphatic heterocycles. The van der Waals surface area contributed by atoms with Gasteiger partial charge in [0, 0.05) is 75.4 Å². The lowest BCUT2D eigenvalue weighted by Gasteiger charge is -2.12. The van der Waals surface area contributed by atoms with Crippen LogP contribution >= 0.6 is 22.9 Å². The van der Waals surface area contributed by atoms with E-state index >= 15 is 0 Å². The Balaban J connectivity index is 0.719. The van der Waals surface area contributed by atoms with Crippen LogP contribution in [-0.4, -0.2) is 89.6 Å². The van der Waals surface area contributed by atoms with Gasteiger partial charge in [-0.25, -0.2) is 9.78 Å². The number of aromatic amines is 2. The van der Waals surface area contributed by atoms with Crippen LogP contribution in [0.5, 0.6) is 0 Å². The Labute approximate surface area is 392 Å². The quantitative estimate of drug-likeness (QED) is 0.0797. The lowest BCUT2D eigenvalue weighted by Crippen LogP contribution is -2.27. The summed E-state index contributed by atoms with van der Waals surface area (Å²) in [6, 6.07) is 28.1. The van der Waals surface area contributed by atoms with Gasteiger partial charge < -0.3 is 24.8 Å². The number of halogens is 1. The monoisotopic (exact) mass is 932 g/mol. The van der Waals surface area contributed by atoms with Crippen molar-refractivity contribution in [2.24, 2.45) is 4.99 Å². The minimum Gasteiger partial charge on any atom is -0.379 e. The molecule has 1 aliphatic rings. The van der Waals surface area contributed by atoms with Crippen molar-refractivity contribution in [3.8, 4) is 22.1 Å². The second-order valence-electron chi connectivity index (χ2n) is 16.4. The van der Waals surface area contributed by atoms with Gasteiger partial charge in [0.25, 0.3) is 5.91 Å². The van der Waals surface area contributed by atoms with Gasteiger partial charge in [-0.3, -0.25) is 28.7 Å². The normalized spacial score (nSPS) is 13.5. The Hall–Kier alpha value is -7.11. The fourth-order valence-corrected chi connectivity index (χ4v) is 9.94. The first-order valence-corrected chi connectivity index (χ1v) is 23.2. The molecular formula is C50H45ClN10O5S. The average molecular weight is 933 g/mol. The van der Waals surface area contributed by atoms with Crippen LogP contribution in [0, 0.1) is 20.8 Å². The van der Waals surface area contributed by atoms with E-state index in [9.17, 15) is 14.4 Å². The molecule has 67 heavy (non-hydrogen) atoms. The number of carbonyl (C=O) groups is 2. The number of pyridine rings is 1. The molecule has 4 aromatic carbocycles. The molecule has 338 valence electrons. The van der Waals surface area contributed by atoms with Crippen molar-refractivity contribution in [2.75, 3.05) is 33.0 Å². The van der Waals surface area contributed by atoms with E-state index in [1.54, 1.807) is 29.7 Å². The number of aliphatic imine (C=N–C) groups is 1. The Bertz CT molecular complexity index is 3430. The van der Waals surface area contributed by atoms with E-state index in [-0.39, 0.29) is 23.8 Å². The van der Waals surface area contributed by atoms with Crippen molar-refractivity contribution in [1.82, 2.24) is 44.6 Å². The second kappa shape index (κ2) is 18.6. The highest BCUT2D eigenvalue weighted by Crippen LogP contribution is 2.40. The predicted octanol–water partition coefficient (Wildman–Crippen LogP) is 8.73. The molecular weight excluding hydrogens is 888 g/mol. The molecule has 1 atom stereocenters. The Morgan fingerprint density at radius 1 is 0.851 bits per heavy atom. The number of benzene rings is 4. The number of ether oxygens (including phenoxy) is 2. The number of hydrogen-bond donors (Lipinski definition) is 3. The first kappa shape index (κ1) is 43.8. The summed E-state index contributed by atoms with van der Waals surface area (Å²) in [7, 11) is 0. The standard InChI is InChI=1S/C50H45ClN10O5S/c1-28-29(2)67-49-44(28)45(31-10-13-33(51)14-11-31)54-42(47-59-58-30(3)60(47)49)27-35(62)7-6-21-65-23-24-66-22-20-53-48(63)32-12-17-43-41(25-32)55-46(37-18-19-52-38-9-5-4-8-36(37)38)61(43)34-15-16-39-40(26-34)57-50(64)56-39/h4-5,8-19,25-26,42H,6-7,20-24,27H2,1-3H3,(H,53,63)(H2,56,57,64)/t42-/m0/s1. The third-order valence-corrected chi connectivity index (χ3v) is 13.4. The summed E-state index contributed by atoms with van der Waals surface area (Å²) in [5.74, 6) is 1.88. The smallest absolute Gasteiger partial charge is 0.323 e. The number of aryl methyl sites for hydroxylation is 2. The number of ketones is 1. The number of amides is 1. The van der Waals surface area contributed by atoms with Gasteiger partial charge in [-0.1, -0.05) is 41.9 Å². The van der Waals surface area contributed by atoms with Crippen molar-refractivity contribution in [3.63, 3.8) is 0 Å². The number of H-pyrrole nitrogens is 2. The summed E-state index contributed by atoms with van der Waals surface area (Å²) in [4.78, 5) is 60.5. The number of imidazole rings is 2. The molecule has 0 bridgehead atoms. The largest absolute Gasteiger partial charge is 0.379 e. The molecule has 3 N–H and O–H groups in total. The lowest BCUT2D eigenvalue weighted by molar-refractivity contribution is -0.119. The van der Waals surface area contributed by atoms with Crippen molar-refractivity contribution in [3.05, 3.63) is 151 Å². The third kappa shape index (κ3) is 8.71. The van der Waals surface area contributed by atoms with Crippen LogP contribution in [0.3, 0.4) is 0 Å². The number of hydrogen-bond acceptors (Lipinski definition) is 11. The Morgan fingerprint density at radius 3 is 2.51 bits per heavy atom. The van der Waals surface area contributed by atoms with Crippen LogP contribution in [0.25, 0.3) is 55.0 Å². The van der Waals surface area contributed by atoms with Gasteiger partial charge in [-0.15, -0.1) is 21.5 Å². The SMILES string of the molecule is Cc1sc2c(c1C)C(c1ccc(Cl)cc1)=N[C@@H](CC(=O)CCCOCCOCCNC(=O)c1ccc3c(c1)nc(-c1ccnc4ccccc14)n3-c1ccc3[nH]c(=O)[nH]c3c1)c1nnc(C)n1-2. The number of thiophene rings is 1. The molecule has 1 amide bonds. The van der Waals surface area contributed by atoms with E-state index in [4.69, 9.17) is 31.1 Å². The highest BCUT2D eigenvalue weighted by Gasteiger charge is 2.32. The van der Waals surface area contributed by atoms with Gasteiger partial charge in [-0.05, 0) is 93.4 Å². The number of rotatable bonds is 16. The molecule has 17 heteroatoms. The summed E-state index contributed by atoms with van der Waals surface area (Å²) in [5.41, 5.74) is 9.36. The van der Waals surface area contributed by atoms with Gasteiger partial charge in [0.2, 0.25) is 0 Å². The highest BCUT2D eigenvalue weighted by molar-refractivity contribution is 7.15. The van der Waals surface area contributed by atoms with E-state index in [1.807, 2.05) is 90.4 Å². The molecule has 0 spiro atoms. The van der Waals surface area contributed by atoms with Gasteiger partial charge in [-0.2, -0.15) is 0 Å². The number of nitrogens with zero attached hydrogens (tertiary/aromatic N) is 7. The van der Waals surface area contributed by atoms with Crippen LogP contribution in [0.4, 0.5) is 0 Å². The zero-order valence-corrected chi connectivity index (χ0v) is 38.5. The van der Waals surface area contributed by atoms with Gasteiger partial charge in [0.15, 0.2) is 5.82 Å². The summed E-state index contributed by atoms with van der Waals surface area (Å²) >= 11 is 7.93. The second-order valence-corrected chi connectivity index (χ2v) is 18.0. The number of aromatic nitrogens is 8. The van der Waals surface area contributed by atoms with E-state index in [0.29, 0.717) is 84.6 Å². The third-order valence-electron chi connectivity index (χ3n) is 12.0. The zero-order valence-electron chi connectivity index (χ0n) is 36.9. The topological polar surface area (TPSA) is 187 Å². The van der Waals surface area contributed by atoms with Crippen LogP contribution in [-0.2, 0) is 14.3 Å². The molecule has 10 rings (SSSR count). The average Bonchev–Trinajstić information content (AvgIpc) is 4.07.